The highest BCUT2D eigenvalue weighted by molar-refractivity contribution is 6.22. The number of aryl methyl sites for hydroxylation is 1. The van der Waals surface area contributed by atoms with Crippen molar-refractivity contribution in [2.75, 3.05) is 5.01 Å². The van der Waals surface area contributed by atoms with Gasteiger partial charge in [-0.05, 0) is 24.6 Å². The van der Waals surface area contributed by atoms with Crippen LogP contribution in [0.1, 0.15) is 28.5 Å². The SMILES string of the molecule is Cc1ncc2c(c1O)[C@H]([C@H]1C(=O)N(c3ccccc3)N=C1c1ccccc1)OC2. The van der Waals surface area contributed by atoms with Gasteiger partial charge < -0.3 is 9.84 Å². The van der Waals surface area contributed by atoms with Crippen LogP contribution in [0.25, 0.3) is 0 Å². The molecule has 3 heterocycles. The van der Waals surface area contributed by atoms with Gasteiger partial charge in [-0.3, -0.25) is 9.78 Å². The predicted octanol–water partition coefficient (Wildman–Crippen LogP) is 3.73. The van der Waals surface area contributed by atoms with E-state index < -0.39 is 12.0 Å². The molecule has 29 heavy (non-hydrogen) atoms. The Morgan fingerprint density at radius 3 is 2.48 bits per heavy atom. The van der Waals surface area contributed by atoms with Crippen LogP contribution in [0.4, 0.5) is 5.69 Å². The smallest absolute Gasteiger partial charge is 0.259 e. The molecular weight excluding hydrogens is 366 g/mol. The number of hydrazone groups is 1. The first-order chi connectivity index (χ1) is 14.1. The molecule has 0 radical (unpaired) electrons. The summed E-state index contributed by atoms with van der Waals surface area (Å²) in [5.74, 6) is -0.753. The van der Waals surface area contributed by atoms with E-state index in [1.807, 2.05) is 60.7 Å². The van der Waals surface area contributed by atoms with Crippen LogP contribution in [-0.4, -0.2) is 21.7 Å². The van der Waals surface area contributed by atoms with Crippen LogP contribution in [-0.2, 0) is 16.1 Å². The number of rotatable bonds is 3. The van der Waals surface area contributed by atoms with Gasteiger partial charge in [-0.1, -0.05) is 48.5 Å². The van der Waals surface area contributed by atoms with Gasteiger partial charge in [-0.2, -0.15) is 10.1 Å². The lowest BCUT2D eigenvalue weighted by Crippen LogP contribution is -2.32. The number of pyridine rings is 1. The Bertz CT molecular complexity index is 1110. The molecule has 1 aromatic heterocycles. The lowest BCUT2D eigenvalue weighted by molar-refractivity contribution is -0.123. The van der Waals surface area contributed by atoms with Crippen LogP contribution < -0.4 is 5.01 Å². The van der Waals surface area contributed by atoms with Gasteiger partial charge in [0, 0.05) is 17.3 Å². The third-order valence-electron chi connectivity index (χ3n) is 5.41. The first-order valence-corrected chi connectivity index (χ1v) is 9.47. The summed E-state index contributed by atoms with van der Waals surface area (Å²) in [5, 5.41) is 16.8. The maximum absolute atomic E-state index is 13.5. The highest BCUT2D eigenvalue weighted by atomic mass is 16.5. The molecule has 0 aliphatic carbocycles. The zero-order valence-electron chi connectivity index (χ0n) is 15.8. The number of ether oxygens (including phenoxy) is 1. The van der Waals surface area contributed by atoms with Gasteiger partial charge in [0.1, 0.15) is 17.8 Å². The molecule has 1 amide bonds. The van der Waals surface area contributed by atoms with Crippen LogP contribution in [0.3, 0.4) is 0 Å². The molecule has 3 aromatic rings. The molecule has 0 fully saturated rings. The normalized spacial score (nSPS) is 20.7. The third-order valence-corrected chi connectivity index (χ3v) is 5.41. The van der Waals surface area contributed by atoms with Gasteiger partial charge in [0.05, 0.1) is 23.7 Å². The first-order valence-electron chi connectivity index (χ1n) is 9.47. The van der Waals surface area contributed by atoms with Gasteiger partial charge in [0.2, 0.25) is 0 Å². The van der Waals surface area contributed by atoms with Gasteiger partial charge in [0.15, 0.2) is 0 Å². The van der Waals surface area contributed by atoms with Crippen LogP contribution in [0.2, 0.25) is 0 Å². The standard InChI is InChI=1S/C23H19N3O3/c1-14-21(27)18-16(12-24-14)13-29-22(18)19-20(15-8-4-2-5-9-15)25-26(23(19)28)17-10-6-3-7-11-17/h2-12,19,22,27H,13H2,1H3/t19-,22+/m0/s1. The molecule has 2 atom stereocenters. The number of aromatic hydroxyl groups is 1. The molecule has 0 saturated heterocycles. The fourth-order valence-electron chi connectivity index (χ4n) is 3.95. The van der Waals surface area contributed by atoms with Crippen molar-refractivity contribution >= 4 is 17.3 Å². The Balaban J connectivity index is 1.64. The highest BCUT2D eigenvalue weighted by Crippen LogP contribution is 2.45. The molecule has 2 aliphatic heterocycles. The molecule has 5 rings (SSSR count). The summed E-state index contributed by atoms with van der Waals surface area (Å²) in [5.41, 5.74) is 4.13. The number of para-hydroxylation sites is 1. The molecule has 0 bridgehead atoms. The van der Waals surface area contributed by atoms with E-state index in [4.69, 9.17) is 4.74 Å². The van der Waals surface area contributed by atoms with E-state index in [0.29, 0.717) is 29.3 Å². The van der Waals surface area contributed by atoms with Crippen LogP contribution in [0.15, 0.2) is 72.0 Å². The van der Waals surface area contributed by atoms with Crippen molar-refractivity contribution < 1.29 is 14.6 Å². The number of hydrogen-bond acceptors (Lipinski definition) is 5. The molecule has 144 valence electrons. The molecule has 0 saturated carbocycles. The monoisotopic (exact) mass is 385 g/mol. The Morgan fingerprint density at radius 2 is 1.76 bits per heavy atom. The number of hydrogen-bond donors (Lipinski definition) is 1. The summed E-state index contributed by atoms with van der Waals surface area (Å²) >= 11 is 0. The molecule has 1 N–H and O–H groups in total. The van der Waals surface area contributed by atoms with Crippen molar-refractivity contribution in [2.45, 2.75) is 19.6 Å². The van der Waals surface area contributed by atoms with E-state index in [9.17, 15) is 9.90 Å². The topological polar surface area (TPSA) is 75.0 Å². The van der Waals surface area contributed by atoms with Crippen molar-refractivity contribution in [2.24, 2.45) is 11.0 Å². The average Bonchev–Trinajstić information content (AvgIpc) is 3.33. The summed E-state index contributed by atoms with van der Waals surface area (Å²) < 4.78 is 6.02. The average molecular weight is 385 g/mol. The van der Waals surface area contributed by atoms with E-state index in [2.05, 4.69) is 10.1 Å². The van der Waals surface area contributed by atoms with Gasteiger partial charge in [0.25, 0.3) is 5.91 Å². The highest BCUT2D eigenvalue weighted by Gasteiger charge is 2.47. The zero-order valence-corrected chi connectivity index (χ0v) is 15.8. The second-order valence-electron chi connectivity index (χ2n) is 7.18. The first kappa shape index (κ1) is 17.6. The van der Waals surface area contributed by atoms with Gasteiger partial charge in [-0.25, -0.2) is 0 Å². The summed E-state index contributed by atoms with van der Waals surface area (Å²) in [4.78, 5) is 17.7. The van der Waals surface area contributed by atoms with E-state index >= 15 is 0 Å². The van der Waals surface area contributed by atoms with E-state index in [1.54, 1.807) is 13.1 Å². The Hall–Kier alpha value is -3.51. The number of fused-ring (bicyclic) bond motifs is 1. The Labute approximate surface area is 168 Å². The van der Waals surface area contributed by atoms with Gasteiger partial charge in [-0.15, -0.1) is 0 Å². The number of carbonyl (C=O) groups excluding carboxylic acids is 1. The molecular formula is C23H19N3O3. The molecule has 2 aromatic carbocycles. The fraction of sp³-hybridized carbons (Fsp3) is 0.174. The number of amides is 1. The Morgan fingerprint density at radius 1 is 1.07 bits per heavy atom. The molecule has 6 nitrogen and oxygen atoms in total. The number of anilines is 1. The minimum Gasteiger partial charge on any atom is -0.506 e. The summed E-state index contributed by atoms with van der Waals surface area (Å²) in [7, 11) is 0. The van der Waals surface area contributed by atoms with E-state index in [0.717, 1.165) is 11.1 Å². The minimum atomic E-state index is -0.661. The third kappa shape index (κ3) is 2.80. The largest absolute Gasteiger partial charge is 0.506 e. The van der Waals surface area contributed by atoms with Crippen LogP contribution in [0, 0.1) is 12.8 Å². The van der Waals surface area contributed by atoms with Crippen molar-refractivity contribution in [3.05, 3.63) is 89.2 Å². The van der Waals surface area contributed by atoms with Crippen molar-refractivity contribution in [3.8, 4) is 5.75 Å². The number of nitrogens with zero attached hydrogens (tertiary/aromatic N) is 3. The predicted molar refractivity (Wildman–Crippen MR) is 109 cm³/mol. The number of carbonyl (C=O) groups is 1. The second-order valence-corrected chi connectivity index (χ2v) is 7.18. The molecule has 2 aliphatic rings. The van der Waals surface area contributed by atoms with Gasteiger partial charge >= 0.3 is 0 Å². The maximum atomic E-state index is 13.5. The molecule has 6 heteroatoms. The summed E-state index contributed by atoms with van der Waals surface area (Å²) in [6.45, 7) is 2.04. The van der Waals surface area contributed by atoms with E-state index in [-0.39, 0.29) is 11.7 Å². The second kappa shape index (κ2) is 6.83. The van der Waals surface area contributed by atoms with Crippen molar-refractivity contribution in [1.29, 1.82) is 0 Å². The minimum absolute atomic E-state index is 0.0865. The lowest BCUT2D eigenvalue weighted by Gasteiger charge is -2.21. The van der Waals surface area contributed by atoms with Crippen molar-refractivity contribution in [1.82, 2.24) is 4.98 Å². The molecule has 0 spiro atoms. The van der Waals surface area contributed by atoms with Crippen LogP contribution >= 0.6 is 0 Å². The summed E-state index contributed by atoms with van der Waals surface area (Å²) in [6, 6.07) is 19.0. The summed E-state index contributed by atoms with van der Waals surface area (Å²) in [6.07, 6.45) is 1.09. The maximum Gasteiger partial charge on any atom is 0.259 e. The number of benzene rings is 2. The fourth-order valence-corrected chi connectivity index (χ4v) is 3.95. The molecule has 0 unspecified atom stereocenters. The number of aromatic nitrogens is 1. The van der Waals surface area contributed by atoms with Crippen LogP contribution in [0.5, 0.6) is 5.75 Å². The lowest BCUT2D eigenvalue weighted by atomic mass is 9.87. The van der Waals surface area contributed by atoms with E-state index in [1.165, 1.54) is 5.01 Å². The van der Waals surface area contributed by atoms with Crippen molar-refractivity contribution in [3.63, 3.8) is 0 Å². The quantitative estimate of drug-likeness (QED) is 0.745. The zero-order chi connectivity index (χ0) is 20.0. The Kier molecular flexibility index (Phi) is 4.14.